The quantitative estimate of drug-likeness (QED) is 0.538. The molecule has 0 unspecified atom stereocenters. The molecule has 0 spiro atoms. The summed E-state index contributed by atoms with van der Waals surface area (Å²) >= 11 is 3.04. The van der Waals surface area contributed by atoms with Crippen LogP contribution in [0.25, 0.3) is 0 Å². The fourth-order valence-electron chi connectivity index (χ4n) is 1.19. The number of carbonyl (C=O) groups is 2. The van der Waals surface area contributed by atoms with E-state index >= 15 is 0 Å². The Morgan fingerprint density at radius 3 is 2.53 bits per heavy atom. The van der Waals surface area contributed by atoms with Gasteiger partial charge in [0.1, 0.15) is 0 Å². The molecule has 2 amide bonds. The molecule has 15 heavy (non-hydrogen) atoms. The van der Waals surface area contributed by atoms with Crippen molar-refractivity contribution in [3.8, 4) is 0 Å². The number of aliphatic hydroxyl groups is 1. The van der Waals surface area contributed by atoms with Crippen LogP contribution in [0.2, 0.25) is 0 Å². The summed E-state index contributed by atoms with van der Waals surface area (Å²) in [6.07, 6.45) is 0.766. The van der Waals surface area contributed by atoms with Crippen molar-refractivity contribution in [2.24, 2.45) is 0 Å². The molecule has 0 radical (unpaired) electrons. The molecule has 1 fully saturated rings. The van der Waals surface area contributed by atoms with Crippen LogP contribution in [0.15, 0.2) is 0 Å². The molecule has 6 heteroatoms. The molecular weight excluding hydrogens is 234 g/mol. The van der Waals surface area contributed by atoms with Gasteiger partial charge in [-0.3, -0.25) is 14.5 Å². The second-order valence-electron chi connectivity index (χ2n) is 3.12. The zero-order valence-corrected chi connectivity index (χ0v) is 10.1. The summed E-state index contributed by atoms with van der Waals surface area (Å²) in [5.74, 6) is 2.35. The van der Waals surface area contributed by atoms with Crippen LogP contribution in [0, 0.1) is 0 Å². The van der Waals surface area contributed by atoms with Crippen molar-refractivity contribution in [3.05, 3.63) is 0 Å². The lowest BCUT2D eigenvalue weighted by Gasteiger charge is -2.24. The number of rotatable bonds is 6. The van der Waals surface area contributed by atoms with Crippen molar-refractivity contribution < 1.29 is 14.7 Å². The largest absolute Gasteiger partial charge is 0.396 e. The highest BCUT2D eigenvalue weighted by molar-refractivity contribution is 8.00. The van der Waals surface area contributed by atoms with Gasteiger partial charge in [0.05, 0.1) is 11.5 Å². The number of hydrogen-bond donors (Lipinski definition) is 1. The first kappa shape index (κ1) is 12.9. The van der Waals surface area contributed by atoms with Gasteiger partial charge in [0.2, 0.25) is 11.8 Å². The van der Waals surface area contributed by atoms with Crippen LogP contribution in [0.3, 0.4) is 0 Å². The molecule has 86 valence electrons. The molecule has 0 aliphatic carbocycles. The Hall–Kier alpha value is -0.200. The SMILES string of the molecule is O=C1CSCC(=O)N1CCSCCCO. The van der Waals surface area contributed by atoms with Gasteiger partial charge in [0, 0.05) is 18.9 Å². The lowest BCUT2D eigenvalue weighted by molar-refractivity contribution is -0.141. The van der Waals surface area contributed by atoms with Crippen LogP contribution in [0.4, 0.5) is 0 Å². The van der Waals surface area contributed by atoms with E-state index in [0.717, 1.165) is 17.9 Å². The summed E-state index contributed by atoms with van der Waals surface area (Å²) in [5, 5.41) is 8.56. The van der Waals surface area contributed by atoms with Gasteiger partial charge in [0.15, 0.2) is 0 Å². The summed E-state index contributed by atoms with van der Waals surface area (Å²) in [7, 11) is 0. The van der Waals surface area contributed by atoms with Crippen molar-refractivity contribution in [2.45, 2.75) is 6.42 Å². The number of hydrogen-bond acceptors (Lipinski definition) is 5. The number of carbonyl (C=O) groups excluding carboxylic acids is 2. The minimum atomic E-state index is -0.0704. The Morgan fingerprint density at radius 1 is 1.27 bits per heavy atom. The van der Waals surface area contributed by atoms with Crippen molar-refractivity contribution in [2.75, 3.05) is 36.2 Å². The molecule has 0 bridgehead atoms. The number of amides is 2. The molecule has 1 N–H and O–H groups in total. The van der Waals surface area contributed by atoms with Crippen LogP contribution in [-0.2, 0) is 9.59 Å². The number of aliphatic hydroxyl groups excluding tert-OH is 1. The highest BCUT2D eigenvalue weighted by Gasteiger charge is 2.25. The molecule has 0 aromatic heterocycles. The average Bonchev–Trinajstić information content (AvgIpc) is 2.21. The number of imide groups is 1. The molecule has 0 saturated carbocycles. The zero-order valence-electron chi connectivity index (χ0n) is 8.48. The van der Waals surface area contributed by atoms with Crippen LogP contribution < -0.4 is 0 Å². The van der Waals surface area contributed by atoms with Crippen LogP contribution in [0.1, 0.15) is 6.42 Å². The average molecular weight is 249 g/mol. The third-order valence-electron chi connectivity index (χ3n) is 1.96. The Labute approximate surface area is 97.8 Å². The van der Waals surface area contributed by atoms with Gasteiger partial charge in [-0.2, -0.15) is 11.8 Å². The predicted octanol–water partition coefficient (Wildman–Crippen LogP) is 0.204. The summed E-state index contributed by atoms with van der Waals surface area (Å²) in [5.41, 5.74) is 0. The standard InChI is InChI=1S/C9H15NO3S2/c11-3-1-4-14-5-2-10-8(12)6-15-7-9(10)13/h11H,1-7H2. The Bertz CT molecular complexity index is 219. The normalized spacial score (nSPS) is 17.3. The molecule has 1 aliphatic rings. The maximum atomic E-state index is 11.4. The van der Waals surface area contributed by atoms with E-state index in [1.165, 1.54) is 16.7 Å². The van der Waals surface area contributed by atoms with E-state index in [1.54, 1.807) is 11.8 Å². The first-order valence-corrected chi connectivity index (χ1v) is 7.16. The molecule has 1 heterocycles. The van der Waals surface area contributed by atoms with E-state index in [9.17, 15) is 9.59 Å². The molecule has 4 nitrogen and oxygen atoms in total. The van der Waals surface area contributed by atoms with E-state index in [4.69, 9.17) is 5.11 Å². The molecular formula is C9H15NO3S2. The first-order valence-electron chi connectivity index (χ1n) is 4.85. The van der Waals surface area contributed by atoms with E-state index < -0.39 is 0 Å². The van der Waals surface area contributed by atoms with E-state index in [1.807, 2.05) is 0 Å². The van der Waals surface area contributed by atoms with Gasteiger partial charge in [-0.15, -0.1) is 11.8 Å². The van der Waals surface area contributed by atoms with Gasteiger partial charge in [0.25, 0.3) is 0 Å². The van der Waals surface area contributed by atoms with Gasteiger partial charge >= 0.3 is 0 Å². The second-order valence-corrected chi connectivity index (χ2v) is 5.33. The third kappa shape index (κ3) is 4.44. The summed E-state index contributed by atoms with van der Waals surface area (Å²) < 4.78 is 0. The maximum absolute atomic E-state index is 11.4. The van der Waals surface area contributed by atoms with Crippen LogP contribution in [-0.4, -0.2) is 58.0 Å². The lowest BCUT2D eigenvalue weighted by Crippen LogP contribution is -2.44. The van der Waals surface area contributed by atoms with Crippen molar-refractivity contribution in [1.82, 2.24) is 4.90 Å². The monoisotopic (exact) mass is 249 g/mol. The van der Waals surface area contributed by atoms with E-state index in [2.05, 4.69) is 0 Å². The molecule has 1 aliphatic heterocycles. The molecule has 1 rings (SSSR count). The fraction of sp³-hybridized carbons (Fsp3) is 0.778. The number of thioether (sulfide) groups is 2. The van der Waals surface area contributed by atoms with Crippen LogP contribution >= 0.6 is 23.5 Å². The second kappa shape index (κ2) is 7.14. The minimum Gasteiger partial charge on any atom is -0.396 e. The van der Waals surface area contributed by atoms with Crippen molar-refractivity contribution in [1.29, 1.82) is 0 Å². The van der Waals surface area contributed by atoms with Gasteiger partial charge in [-0.05, 0) is 12.2 Å². The first-order chi connectivity index (χ1) is 7.25. The third-order valence-corrected chi connectivity index (χ3v) is 3.91. The highest BCUT2D eigenvalue weighted by Crippen LogP contribution is 2.13. The zero-order chi connectivity index (χ0) is 11.1. The molecule has 1 saturated heterocycles. The minimum absolute atomic E-state index is 0.0704. The van der Waals surface area contributed by atoms with Crippen molar-refractivity contribution in [3.63, 3.8) is 0 Å². The summed E-state index contributed by atoms with van der Waals surface area (Å²) in [6.45, 7) is 0.708. The smallest absolute Gasteiger partial charge is 0.239 e. The number of nitrogens with zero attached hydrogens (tertiary/aromatic N) is 1. The van der Waals surface area contributed by atoms with Gasteiger partial charge in [-0.1, -0.05) is 0 Å². The summed E-state index contributed by atoms with van der Waals surface area (Å²) in [4.78, 5) is 24.1. The fourth-order valence-corrected chi connectivity index (χ4v) is 2.81. The Balaban J connectivity index is 2.18. The maximum Gasteiger partial charge on any atom is 0.239 e. The lowest BCUT2D eigenvalue weighted by atomic mass is 10.4. The molecule has 0 aromatic carbocycles. The van der Waals surface area contributed by atoms with E-state index in [-0.39, 0.29) is 18.4 Å². The van der Waals surface area contributed by atoms with E-state index in [0.29, 0.717) is 18.1 Å². The Kier molecular flexibility index (Phi) is 6.12. The molecule has 0 aromatic rings. The molecule has 0 atom stereocenters. The Morgan fingerprint density at radius 2 is 1.93 bits per heavy atom. The summed E-state index contributed by atoms with van der Waals surface area (Å²) in [6, 6.07) is 0. The highest BCUT2D eigenvalue weighted by atomic mass is 32.2. The predicted molar refractivity (Wildman–Crippen MR) is 63.1 cm³/mol. The topological polar surface area (TPSA) is 57.6 Å². The van der Waals surface area contributed by atoms with Crippen LogP contribution in [0.5, 0.6) is 0 Å². The van der Waals surface area contributed by atoms with Crippen molar-refractivity contribution >= 4 is 35.3 Å². The van der Waals surface area contributed by atoms with Gasteiger partial charge < -0.3 is 5.11 Å². The van der Waals surface area contributed by atoms with Gasteiger partial charge in [-0.25, -0.2) is 0 Å².